The number of carbonyl (C=O) groups is 1. The van der Waals surface area contributed by atoms with E-state index < -0.39 is 0 Å². The van der Waals surface area contributed by atoms with Crippen LogP contribution in [-0.4, -0.2) is 61.2 Å². The van der Waals surface area contributed by atoms with Crippen molar-refractivity contribution in [2.75, 3.05) is 25.5 Å². The summed E-state index contributed by atoms with van der Waals surface area (Å²) in [5, 5.41) is 14.0. The minimum atomic E-state index is 0.00840. The molecule has 0 spiro atoms. The topological polar surface area (TPSA) is 146 Å². The molecule has 0 atom stereocenters. The molecule has 1 aliphatic heterocycles. The van der Waals surface area contributed by atoms with Crippen molar-refractivity contribution in [3.05, 3.63) is 67.3 Å². The highest BCUT2D eigenvalue weighted by Crippen LogP contribution is 2.32. The Kier molecular flexibility index (Phi) is 6.76. The van der Waals surface area contributed by atoms with Crippen molar-refractivity contribution < 1.29 is 9.53 Å². The Balaban J connectivity index is 1.19. The van der Waals surface area contributed by atoms with Gasteiger partial charge in [-0.15, -0.1) is 0 Å². The maximum Gasteiger partial charge on any atom is 0.224 e. The molecular weight excluding hydrogens is 530 g/mol. The Morgan fingerprint density at radius 1 is 0.952 bits per heavy atom. The molecule has 1 aliphatic rings. The molecule has 0 unspecified atom stereocenters. The zero-order valence-electron chi connectivity index (χ0n) is 23.0. The molecule has 11 heteroatoms. The number of nitrogens with zero attached hydrogens (tertiary/aromatic N) is 5. The summed E-state index contributed by atoms with van der Waals surface area (Å²) >= 11 is 0. The second-order valence-corrected chi connectivity index (χ2v) is 10.5. The van der Waals surface area contributed by atoms with E-state index in [4.69, 9.17) is 14.7 Å². The Morgan fingerprint density at radius 2 is 1.83 bits per heavy atom. The lowest BCUT2D eigenvalue weighted by Gasteiger charge is -2.21. The van der Waals surface area contributed by atoms with E-state index in [-0.39, 0.29) is 5.91 Å². The van der Waals surface area contributed by atoms with Gasteiger partial charge in [-0.2, -0.15) is 5.10 Å². The molecule has 1 fully saturated rings. The normalized spacial score (nSPS) is 13.9. The number of ether oxygens (including phenoxy) is 1. The van der Waals surface area contributed by atoms with Gasteiger partial charge in [0.1, 0.15) is 11.3 Å². The van der Waals surface area contributed by atoms with Crippen LogP contribution in [0.1, 0.15) is 19.3 Å². The number of benzene rings is 1. The Morgan fingerprint density at radius 3 is 2.71 bits per heavy atom. The smallest absolute Gasteiger partial charge is 0.224 e. The highest BCUT2D eigenvalue weighted by Gasteiger charge is 2.19. The van der Waals surface area contributed by atoms with Crippen LogP contribution < -0.4 is 15.4 Å². The lowest BCUT2D eigenvalue weighted by molar-refractivity contribution is -0.117. The number of amides is 1. The first-order chi connectivity index (χ1) is 20.6. The van der Waals surface area contributed by atoms with E-state index in [9.17, 15) is 4.79 Å². The highest BCUT2D eigenvalue weighted by molar-refractivity contribution is 5.96. The second-order valence-electron chi connectivity index (χ2n) is 10.5. The number of aromatic amines is 2. The standard InChI is InChI=1S/C31H29N9O2/c1-42-22-4-2-3-19(13-22)23-16-34-17-26-28(23)38-31(37-26)30-29-25(39-40-30)6-5-24(36-29)20-12-21(15-33-14-20)35-27(41)11-18-7-9-32-10-8-18/h2-6,12-18,32H,7-11H2,1H3,(H,35,41)(H,37,38)(H,39,40). The van der Waals surface area contributed by atoms with Crippen molar-refractivity contribution in [2.45, 2.75) is 19.3 Å². The largest absolute Gasteiger partial charge is 0.497 e. The lowest BCUT2D eigenvalue weighted by Crippen LogP contribution is -2.30. The van der Waals surface area contributed by atoms with E-state index in [0.29, 0.717) is 40.8 Å². The van der Waals surface area contributed by atoms with Crippen molar-refractivity contribution in [3.8, 4) is 39.7 Å². The minimum Gasteiger partial charge on any atom is -0.497 e. The summed E-state index contributed by atoms with van der Waals surface area (Å²) in [5.41, 5.74) is 7.59. The first-order valence-electron chi connectivity index (χ1n) is 13.9. The second kappa shape index (κ2) is 11.0. The van der Waals surface area contributed by atoms with Gasteiger partial charge in [-0.3, -0.25) is 19.9 Å². The van der Waals surface area contributed by atoms with Crippen molar-refractivity contribution in [1.29, 1.82) is 0 Å². The molecule has 1 saturated heterocycles. The number of aromatic nitrogens is 7. The molecule has 5 aromatic heterocycles. The molecule has 210 valence electrons. The summed E-state index contributed by atoms with van der Waals surface area (Å²) in [4.78, 5) is 34.7. The minimum absolute atomic E-state index is 0.00840. The van der Waals surface area contributed by atoms with Gasteiger partial charge in [0.15, 0.2) is 11.5 Å². The molecule has 42 heavy (non-hydrogen) atoms. The molecule has 0 saturated carbocycles. The van der Waals surface area contributed by atoms with E-state index in [0.717, 1.165) is 64.9 Å². The number of rotatable bonds is 7. The van der Waals surface area contributed by atoms with Crippen molar-refractivity contribution in [1.82, 2.24) is 40.4 Å². The highest BCUT2D eigenvalue weighted by atomic mass is 16.5. The molecule has 0 aliphatic carbocycles. The Bertz CT molecular complexity index is 1910. The maximum atomic E-state index is 12.7. The summed E-state index contributed by atoms with van der Waals surface area (Å²) in [6, 6.07) is 13.5. The number of carbonyl (C=O) groups excluding carboxylic acids is 1. The molecule has 1 aromatic carbocycles. The third kappa shape index (κ3) is 5.06. The number of pyridine rings is 3. The van der Waals surface area contributed by atoms with E-state index >= 15 is 0 Å². The predicted molar refractivity (Wildman–Crippen MR) is 161 cm³/mol. The molecule has 0 radical (unpaired) electrons. The first kappa shape index (κ1) is 25.8. The number of anilines is 1. The van der Waals surface area contributed by atoms with Gasteiger partial charge < -0.3 is 20.4 Å². The monoisotopic (exact) mass is 559 g/mol. The molecule has 11 nitrogen and oxygen atoms in total. The average Bonchev–Trinajstić information content (AvgIpc) is 3.65. The summed E-state index contributed by atoms with van der Waals surface area (Å²) < 4.78 is 5.41. The molecular formula is C31H29N9O2. The van der Waals surface area contributed by atoms with Gasteiger partial charge >= 0.3 is 0 Å². The zero-order chi connectivity index (χ0) is 28.5. The van der Waals surface area contributed by atoms with Crippen LogP contribution in [-0.2, 0) is 4.79 Å². The van der Waals surface area contributed by atoms with E-state index in [2.05, 4.69) is 35.8 Å². The number of hydrogen-bond acceptors (Lipinski definition) is 8. The lowest BCUT2D eigenvalue weighted by atomic mass is 9.94. The zero-order valence-corrected chi connectivity index (χ0v) is 23.0. The van der Waals surface area contributed by atoms with Crippen LogP contribution in [0.3, 0.4) is 0 Å². The van der Waals surface area contributed by atoms with Gasteiger partial charge in [0.2, 0.25) is 5.91 Å². The van der Waals surface area contributed by atoms with Crippen LogP contribution >= 0.6 is 0 Å². The van der Waals surface area contributed by atoms with Crippen molar-refractivity contribution in [2.24, 2.45) is 5.92 Å². The number of hydrogen-bond donors (Lipinski definition) is 4. The van der Waals surface area contributed by atoms with Gasteiger partial charge in [-0.25, -0.2) is 9.97 Å². The number of H-pyrrole nitrogens is 2. The molecule has 7 rings (SSSR count). The van der Waals surface area contributed by atoms with Crippen molar-refractivity contribution in [3.63, 3.8) is 0 Å². The SMILES string of the molecule is COc1cccc(-c2cncc3[nH]c(-c4n[nH]c5ccc(-c6cncc(NC(=O)CC7CCNCC7)c6)nc45)nc23)c1. The van der Waals surface area contributed by atoms with Crippen LogP contribution in [0.2, 0.25) is 0 Å². The summed E-state index contributed by atoms with van der Waals surface area (Å²) in [6.45, 7) is 1.93. The third-order valence-corrected chi connectivity index (χ3v) is 7.66. The van der Waals surface area contributed by atoms with Gasteiger partial charge in [0, 0.05) is 29.9 Å². The van der Waals surface area contributed by atoms with Crippen molar-refractivity contribution >= 4 is 33.7 Å². The molecule has 4 N–H and O–H groups in total. The molecule has 1 amide bonds. The summed E-state index contributed by atoms with van der Waals surface area (Å²) in [6.07, 6.45) is 9.50. The number of methoxy groups -OCH3 is 1. The van der Waals surface area contributed by atoms with Crippen LogP contribution in [0.15, 0.2) is 67.3 Å². The Labute approximate surface area is 241 Å². The van der Waals surface area contributed by atoms with Crippen LogP contribution in [0, 0.1) is 5.92 Å². The first-order valence-corrected chi connectivity index (χ1v) is 13.9. The van der Waals surface area contributed by atoms with Crippen LogP contribution in [0.25, 0.3) is 56.0 Å². The average molecular weight is 560 g/mol. The molecule has 6 aromatic rings. The maximum absolute atomic E-state index is 12.7. The predicted octanol–water partition coefficient (Wildman–Crippen LogP) is 4.96. The van der Waals surface area contributed by atoms with Gasteiger partial charge in [0.05, 0.1) is 47.4 Å². The number of nitrogens with one attached hydrogen (secondary N) is 4. The fourth-order valence-corrected chi connectivity index (χ4v) is 5.48. The van der Waals surface area contributed by atoms with E-state index in [1.54, 1.807) is 31.9 Å². The summed E-state index contributed by atoms with van der Waals surface area (Å²) in [7, 11) is 1.65. The van der Waals surface area contributed by atoms with Gasteiger partial charge in [0.25, 0.3) is 0 Å². The van der Waals surface area contributed by atoms with Crippen LogP contribution in [0.4, 0.5) is 5.69 Å². The Hall–Kier alpha value is -5.16. The number of fused-ring (bicyclic) bond motifs is 2. The quantitative estimate of drug-likeness (QED) is 0.215. The van der Waals surface area contributed by atoms with Gasteiger partial charge in [-0.05, 0) is 67.7 Å². The fourth-order valence-electron chi connectivity index (χ4n) is 5.48. The van der Waals surface area contributed by atoms with E-state index in [1.165, 1.54) is 0 Å². The van der Waals surface area contributed by atoms with Crippen LogP contribution in [0.5, 0.6) is 5.75 Å². The molecule has 0 bridgehead atoms. The summed E-state index contributed by atoms with van der Waals surface area (Å²) in [5.74, 6) is 1.76. The molecule has 6 heterocycles. The fraction of sp³-hybridized carbons (Fsp3) is 0.226. The number of imidazole rings is 1. The number of piperidine rings is 1. The van der Waals surface area contributed by atoms with E-state index in [1.807, 2.05) is 42.5 Å². The third-order valence-electron chi connectivity index (χ3n) is 7.66. The van der Waals surface area contributed by atoms with Gasteiger partial charge in [-0.1, -0.05) is 12.1 Å².